The molecule has 0 radical (unpaired) electrons. The van der Waals surface area contributed by atoms with Crippen LogP contribution in [0.1, 0.15) is 22.6 Å². The third kappa shape index (κ3) is 2.59. The molecular formula is C17H17NO. The Morgan fingerprint density at radius 2 is 1.79 bits per heavy atom. The van der Waals surface area contributed by atoms with Crippen molar-refractivity contribution in [2.75, 3.05) is 6.54 Å². The highest BCUT2D eigenvalue weighted by Crippen LogP contribution is 2.25. The largest absolute Gasteiger partial charge is 0.312 e. The summed E-state index contributed by atoms with van der Waals surface area (Å²) in [6.45, 7) is 1.62. The molecule has 19 heavy (non-hydrogen) atoms. The second-order valence-electron chi connectivity index (χ2n) is 5.01. The van der Waals surface area contributed by atoms with Gasteiger partial charge in [0.05, 0.1) is 5.92 Å². The van der Waals surface area contributed by atoms with Gasteiger partial charge in [-0.1, -0.05) is 54.6 Å². The molecule has 1 N–H and O–H groups in total. The second kappa shape index (κ2) is 5.37. The third-order valence-corrected chi connectivity index (χ3v) is 3.70. The van der Waals surface area contributed by atoms with E-state index in [0.29, 0.717) is 12.2 Å². The molecule has 0 amide bonds. The summed E-state index contributed by atoms with van der Waals surface area (Å²) in [5.74, 6) is 0.288. The first kappa shape index (κ1) is 12.1. The fourth-order valence-electron chi connectivity index (χ4n) is 2.70. The van der Waals surface area contributed by atoms with E-state index < -0.39 is 0 Å². The molecule has 3 rings (SSSR count). The summed E-state index contributed by atoms with van der Waals surface area (Å²) in [5, 5.41) is 3.34. The Hall–Kier alpha value is -1.93. The summed E-state index contributed by atoms with van der Waals surface area (Å²) < 4.78 is 0. The second-order valence-corrected chi connectivity index (χ2v) is 5.01. The highest BCUT2D eigenvalue weighted by Gasteiger charge is 2.25. The molecule has 0 aromatic heterocycles. The van der Waals surface area contributed by atoms with Crippen LogP contribution in [0.4, 0.5) is 0 Å². The molecular weight excluding hydrogens is 234 g/mol. The van der Waals surface area contributed by atoms with Gasteiger partial charge >= 0.3 is 0 Å². The first-order valence-electron chi connectivity index (χ1n) is 6.70. The quantitative estimate of drug-likeness (QED) is 0.908. The first-order valence-corrected chi connectivity index (χ1v) is 6.70. The molecule has 0 saturated carbocycles. The Morgan fingerprint density at radius 3 is 2.63 bits per heavy atom. The maximum absolute atomic E-state index is 12.5. The van der Waals surface area contributed by atoms with Crippen LogP contribution in [0.15, 0.2) is 54.6 Å². The van der Waals surface area contributed by atoms with E-state index in [0.717, 1.165) is 18.7 Å². The lowest BCUT2D eigenvalue weighted by molar-refractivity contribution is -0.119. The summed E-state index contributed by atoms with van der Waals surface area (Å²) in [4.78, 5) is 12.5. The predicted molar refractivity (Wildman–Crippen MR) is 76.0 cm³/mol. The van der Waals surface area contributed by atoms with Crippen LogP contribution in [0.5, 0.6) is 0 Å². The number of fused-ring (bicyclic) bond motifs is 1. The van der Waals surface area contributed by atoms with Gasteiger partial charge in [0, 0.05) is 19.5 Å². The van der Waals surface area contributed by atoms with Gasteiger partial charge in [0.1, 0.15) is 5.78 Å². The van der Waals surface area contributed by atoms with Crippen LogP contribution in [0.3, 0.4) is 0 Å². The van der Waals surface area contributed by atoms with E-state index in [1.807, 2.05) is 42.5 Å². The fourth-order valence-corrected chi connectivity index (χ4v) is 2.70. The van der Waals surface area contributed by atoms with Gasteiger partial charge in [-0.3, -0.25) is 4.79 Å². The molecule has 0 bridgehead atoms. The molecule has 1 atom stereocenters. The Bertz CT molecular complexity index is 577. The Balaban J connectivity index is 1.82. The van der Waals surface area contributed by atoms with Gasteiger partial charge < -0.3 is 5.32 Å². The van der Waals surface area contributed by atoms with Crippen molar-refractivity contribution in [3.8, 4) is 0 Å². The minimum atomic E-state index is -0.00911. The van der Waals surface area contributed by atoms with Crippen molar-refractivity contribution in [3.63, 3.8) is 0 Å². The summed E-state index contributed by atoms with van der Waals surface area (Å²) in [6, 6.07) is 18.2. The summed E-state index contributed by atoms with van der Waals surface area (Å²) in [5.41, 5.74) is 3.54. The zero-order valence-electron chi connectivity index (χ0n) is 10.8. The maximum atomic E-state index is 12.5. The van der Waals surface area contributed by atoms with E-state index in [9.17, 15) is 4.79 Å². The normalized spacial score (nSPS) is 17.8. The standard InChI is InChI=1S/C17H17NO/c19-17(10-13-6-2-1-3-7-13)16-12-18-11-14-8-4-5-9-15(14)16/h1-9,16,18H,10-12H2. The van der Waals surface area contributed by atoms with Gasteiger partial charge in [-0.2, -0.15) is 0 Å². The summed E-state index contributed by atoms with van der Waals surface area (Å²) in [7, 11) is 0. The first-order chi connectivity index (χ1) is 9.34. The monoisotopic (exact) mass is 251 g/mol. The average molecular weight is 251 g/mol. The van der Waals surface area contributed by atoms with E-state index >= 15 is 0 Å². The van der Waals surface area contributed by atoms with E-state index in [1.54, 1.807) is 0 Å². The van der Waals surface area contributed by atoms with Gasteiger partial charge in [0.25, 0.3) is 0 Å². The van der Waals surface area contributed by atoms with Gasteiger partial charge in [-0.25, -0.2) is 0 Å². The maximum Gasteiger partial charge on any atom is 0.145 e. The number of hydrogen-bond acceptors (Lipinski definition) is 2. The molecule has 1 aliphatic rings. The topological polar surface area (TPSA) is 29.1 Å². The van der Waals surface area contributed by atoms with Crippen LogP contribution in [0.2, 0.25) is 0 Å². The van der Waals surface area contributed by atoms with Crippen molar-refractivity contribution in [2.24, 2.45) is 0 Å². The van der Waals surface area contributed by atoms with Gasteiger partial charge in [-0.15, -0.1) is 0 Å². The van der Waals surface area contributed by atoms with Gasteiger partial charge in [0.15, 0.2) is 0 Å². The van der Waals surface area contributed by atoms with Crippen molar-refractivity contribution in [1.82, 2.24) is 5.32 Å². The van der Waals surface area contributed by atoms with Crippen molar-refractivity contribution in [1.29, 1.82) is 0 Å². The Morgan fingerprint density at radius 1 is 1.05 bits per heavy atom. The van der Waals surface area contributed by atoms with E-state index in [1.165, 1.54) is 11.1 Å². The van der Waals surface area contributed by atoms with E-state index in [4.69, 9.17) is 0 Å². The van der Waals surface area contributed by atoms with Crippen LogP contribution in [-0.4, -0.2) is 12.3 Å². The molecule has 0 fully saturated rings. The minimum Gasteiger partial charge on any atom is -0.312 e. The molecule has 2 aromatic rings. The predicted octanol–water partition coefficient (Wildman–Crippen LogP) is 2.69. The number of hydrogen-bond donors (Lipinski definition) is 1. The van der Waals surface area contributed by atoms with Gasteiger partial charge in [0.2, 0.25) is 0 Å². The van der Waals surface area contributed by atoms with E-state index in [2.05, 4.69) is 17.4 Å². The number of rotatable bonds is 3. The van der Waals surface area contributed by atoms with Crippen molar-refractivity contribution in [2.45, 2.75) is 18.9 Å². The zero-order valence-corrected chi connectivity index (χ0v) is 10.8. The smallest absolute Gasteiger partial charge is 0.145 e. The fraction of sp³-hybridized carbons (Fsp3) is 0.235. The number of carbonyl (C=O) groups excluding carboxylic acids is 1. The van der Waals surface area contributed by atoms with Crippen molar-refractivity contribution < 1.29 is 4.79 Å². The molecule has 0 saturated heterocycles. The van der Waals surface area contributed by atoms with Crippen LogP contribution in [-0.2, 0) is 17.8 Å². The van der Waals surface area contributed by atoms with Crippen LogP contribution < -0.4 is 5.32 Å². The van der Waals surface area contributed by atoms with Crippen molar-refractivity contribution in [3.05, 3.63) is 71.3 Å². The number of Topliss-reactive ketones (excluding diaryl/α,β-unsaturated/α-hetero) is 1. The molecule has 2 aromatic carbocycles. The highest BCUT2D eigenvalue weighted by molar-refractivity contribution is 5.88. The van der Waals surface area contributed by atoms with Crippen molar-refractivity contribution >= 4 is 5.78 Å². The molecule has 0 aliphatic carbocycles. The average Bonchev–Trinajstić information content (AvgIpc) is 2.47. The summed E-state index contributed by atoms with van der Waals surface area (Å²) in [6.07, 6.45) is 0.515. The van der Waals surface area contributed by atoms with Crippen LogP contribution in [0.25, 0.3) is 0 Å². The number of nitrogens with one attached hydrogen (secondary N) is 1. The number of ketones is 1. The molecule has 2 nitrogen and oxygen atoms in total. The van der Waals surface area contributed by atoms with Crippen LogP contribution in [0, 0.1) is 0 Å². The molecule has 2 heteroatoms. The van der Waals surface area contributed by atoms with Crippen LogP contribution >= 0.6 is 0 Å². The third-order valence-electron chi connectivity index (χ3n) is 3.70. The lowest BCUT2D eigenvalue weighted by Crippen LogP contribution is -2.33. The summed E-state index contributed by atoms with van der Waals surface area (Å²) >= 11 is 0. The highest BCUT2D eigenvalue weighted by atomic mass is 16.1. The SMILES string of the molecule is O=C(Cc1ccccc1)C1CNCc2ccccc21. The number of benzene rings is 2. The Labute approximate surface area is 113 Å². The molecule has 1 aliphatic heterocycles. The lowest BCUT2D eigenvalue weighted by Gasteiger charge is -2.25. The minimum absolute atomic E-state index is 0.00911. The zero-order chi connectivity index (χ0) is 13.1. The van der Waals surface area contributed by atoms with E-state index in [-0.39, 0.29) is 5.92 Å². The molecule has 1 heterocycles. The molecule has 96 valence electrons. The Kier molecular flexibility index (Phi) is 3.43. The lowest BCUT2D eigenvalue weighted by atomic mass is 9.85. The molecule has 1 unspecified atom stereocenters. The van der Waals surface area contributed by atoms with Gasteiger partial charge in [-0.05, 0) is 16.7 Å². The molecule has 0 spiro atoms. The number of carbonyl (C=O) groups is 1.